The Labute approximate surface area is 118 Å². The summed E-state index contributed by atoms with van der Waals surface area (Å²) in [5, 5.41) is 14.0. The van der Waals surface area contributed by atoms with Crippen molar-refractivity contribution in [3.8, 4) is 6.07 Å². The summed E-state index contributed by atoms with van der Waals surface area (Å²) in [6.45, 7) is 3.73. The number of nitrogens with one attached hydrogen (secondary N) is 1. The van der Waals surface area contributed by atoms with Crippen LogP contribution in [0.1, 0.15) is 19.4 Å². The molecule has 1 amide bonds. The van der Waals surface area contributed by atoms with Gasteiger partial charge in [-0.2, -0.15) is 5.26 Å². The molecule has 3 nitrogen and oxygen atoms in total. The predicted octanol–water partition coefficient (Wildman–Crippen LogP) is 3.27. The zero-order valence-electron chi connectivity index (χ0n) is 11.6. The lowest BCUT2D eigenvalue weighted by Gasteiger charge is -2.07. The second-order valence-electron chi connectivity index (χ2n) is 4.90. The Morgan fingerprint density at radius 3 is 2.55 bits per heavy atom. The highest BCUT2D eigenvalue weighted by atomic mass is 16.1. The molecule has 0 fully saturated rings. The number of amides is 1. The Bertz CT molecular complexity index is 708. The Balaban J connectivity index is 2.35. The summed E-state index contributed by atoms with van der Waals surface area (Å²) in [5.74, 6) is -0.337. The van der Waals surface area contributed by atoms with Gasteiger partial charge in [-0.1, -0.05) is 36.4 Å². The molecule has 100 valence electrons. The normalized spacial score (nSPS) is 11.4. The number of nitriles is 1. The number of carbonyl (C=O) groups is 1. The third-order valence-electron chi connectivity index (χ3n) is 2.87. The third kappa shape index (κ3) is 3.24. The molecule has 0 saturated heterocycles. The van der Waals surface area contributed by atoms with Gasteiger partial charge < -0.3 is 5.32 Å². The van der Waals surface area contributed by atoms with E-state index in [0.717, 1.165) is 16.3 Å². The summed E-state index contributed by atoms with van der Waals surface area (Å²) in [7, 11) is 0. The van der Waals surface area contributed by atoms with Crippen molar-refractivity contribution < 1.29 is 4.79 Å². The van der Waals surface area contributed by atoms with Crippen LogP contribution in [0.2, 0.25) is 0 Å². The molecule has 0 bridgehead atoms. The van der Waals surface area contributed by atoms with Gasteiger partial charge in [-0.3, -0.25) is 4.79 Å². The molecule has 0 aromatic heterocycles. The monoisotopic (exact) mass is 264 g/mol. The number of benzene rings is 2. The first-order valence-electron chi connectivity index (χ1n) is 6.51. The average molecular weight is 264 g/mol. The Hall–Kier alpha value is -2.60. The molecular weight excluding hydrogens is 248 g/mol. The summed E-state index contributed by atoms with van der Waals surface area (Å²) in [5.41, 5.74) is 0.966. The van der Waals surface area contributed by atoms with Crippen LogP contribution >= 0.6 is 0 Å². The number of hydrogen-bond donors (Lipinski definition) is 1. The van der Waals surface area contributed by atoms with Gasteiger partial charge in [0.15, 0.2) is 0 Å². The Kier molecular flexibility index (Phi) is 4.17. The van der Waals surface area contributed by atoms with Gasteiger partial charge in [0.1, 0.15) is 11.6 Å². The lowest BCUT2D eigenvalue weighted by Crippen LogP contribution is -2.30. The molecule has 0 unspecified atom stereocenters. The minimum atomic E-state index is -0.337. The molecule has 3 heteroatoms. The van der Waals surface area contributed by atoms with Crippen LogP contribution in [0.3, 0.4) is 0 Å². The molecule has 2 aromatic carbocycles. The van der Waals surface area contributed by atoms with Crippen molar-refractivity contribution in [3.63, 3.8) is 0 Å². The van der Waals surface area contributed by atoms with Gasteiger partial charge in [-0.15, -0.1) is 0 Å². The van der Waals surface area contributed by atoms with Gasteiger partial charge in [-0.05, 0) is 42.3 Å². The van der Waals surface area contributed by atoms with E-state index in [0.29, 0.717) is 0 Å². The van der Waals surface area contributed by atoms with Crippen molar-refractivity contribution in [2.24, 2.45) is 0 Å². The van der Waals surface area contributed by atoms with Crippen LogP contribution in [0.4, 0.5) is 0 Å². The predicted molar refractivity (Wildman–Crippen MR) is 80.8 cm³/mol. The van der Waals surface area contributed by atoms with E-state index in [1.54, 1.807) is 6.08 Å². The molecule has 20 heavy (non-hydrogen) atoms. The van der Waals surface area contributed by atoms with E-state index in [4.69, 9.17) is 5.26 Å². The smallest absolute Gasteiger partial charge is 0.262 e. The van der Waals surface area contributed by atoms with Crippen molar-refractivity contribution in [1.29, 1.82) is 5.26 Å². The minimum Gasteiger partial charge on any atom is -0.349 e. The zero-order valence-corrected chi connectivity index (χ0v) is 11.6. The zero-order chi connectivity index (χ0) is 14.5. The summed E-state index contributed by atoms with van der Waals surface area (Å²) in [6, 6.07) is 15.8. The van der Waals surface area contributed by atoms with Gasteiger partial charge in [0.05, 0.1) is 0 Å². The molecule has 2 rings (SSSR count). The molecule has 2 aromatic rings. The molecule has 0 radical (unpaired) electrons. The number of nitrogens with zero attached hydrogens (tertiary/aromatic N) is 1. The maximum absolute atomic E-state index is 11.9. The lowest BCUT2D eigenvalue weighted by atomic mass is 10.0. The first kappa shape index (κ1) is 13.8. The van der Waals surface area contributed by atoms with Gasteiger partial charge in [0, 0.05) is 6.04 Å². The van der Waals surface area contributed by atoms with Crippen LogP contribution in [-0.2, 0) is 4.79 Å². The third-order valence-corrected chi connectivity index (χ3v) is 2.87. The van der Waals surface area contributed by atoms with Gasteiger partial charge in [0.2, 0.25) is 0 Å². The summed E-state index contributed by atoms with van der Waals surface area (Å²) in [6.07, 6.45) is 1.62. The summed E-state index contributed by atoms with van der Waals surface area (Å²) >= 11 is 0. The average Bonchev–Trinajstić information content (AvgIpc) is 2.43. The SMILES string of the molecule is CC(C)NC(=O)/C(C#N)=C/c1ccc2ccccc2c1. The number of fused-ring (bicyclic) bond motifs is 1. The lowest BCUT2D eigenvalue weighted by molar-refractivity contribution is -0.117. The highest BCUT2D eigenvalue weighted by Crippen LogP contribution is 2.17. The molecule has 0 heterocycles. The van der Waals surface area contributed by atoms with Crippen molar-refractivity contribution >= 4 is 22.8 Å². The van der Waals surface area contributed by atoms with E-state index in [2.05, 4.69) is 5.32 Å². The van der Waals surface area contributed by atoms with Crippen molar-refractivity contribution in [3.05, 3.63) is 53.6 Å². The molecule has 0 aliphatic rings. The van der Waals surface area contributed by atoms with Gasteiger partial charge >= 0.3 is 0 Å². The van der Waals surface area contributed by atoms with E-state index in [1.807, 2.05) is 62.4 Å². The van der Waals surface area contributed by atoms with Crippen LogP contribution in [0, 0.1) is 11.3 Å². The van der Waals surface area contributed by atoms with E-state index in [9.17, 15) is 4.79 Å². The standard InChI is InChI=1S/C17H16N2O/c1-12(2)19-17(20)16(11-18)10-13-7-8-14-5-3-4-6-15(14)9-13/h3-10,12H,1-2H3,(H,19,20)/b16-10+. The maximum Gasteiger partial charge on any atom is 0.262 e. The van der Waals surface area contributed by atoms with Gasteiger partial charge in [-0.25, -0.2) is 0 Å². The van der Waals surface area contributed by atoms with Crippen molar-refractivity contribution in [2.45, 2.75) is 19.9 Å². The van der Waals surface area contributed by atoms with Gasteiger partial charge in [0.25, 0.3) is 5.91 Å². The second-order valence-corrected chi connectivity index (χ2v) is 4.90. The van der Waals surface area contributed by atoms with E-state index in [-0.39, 0.29) is 17.5 Å². The fourth-order valence-corrected chi connectivity index (χ4v) is 1.95. The quantitative estimate of drug-likeness (QED) is 0.683. The second kappa shape index (κ2) is 6.03. The van der Waals surface area contributed by atoms with Crippen molar-refractivity contribution in [2.75, 3.05) is 0 Å². The van der Waals surface area contributed by atoms with Crippen LogP contribution in [-0.4, -0.2) is 11.9 Å². The molecule has 0 saturated carbocycles. The maximum atomic E-state index is 11.9. The first-order chi connectivity index (χ1) is 9.60. The summed E-state index contributed by atoms with van der Waals surface area (Å²) in [4.78, 5) is 11.9. The van der Waals surface area contributed by atoms with E-state index < -0.39 is 0 Å². The molecule has 0 aliphatic carbocycles. The number of carbonyl (C=O) groups excluding carboxylic acids is 1. The number of rotatable bonds is 3. The van der Waals surface area contributed by atoms with Crippen LogP contribution in [0.15, 0.2) is 48.0 Å². The Morgan fingerprint density at radius 2 is 1.90 bits per heavy atom. The van der Waals surface area contributed by atoms with E-state index >= 15 is 0 Å². The minimum absolute atomic E-state index is 0.0100. The van der Waals surface area contributed by atoms with Crippen LogP contribution in [0.5, 0.6) is 0 Å². The van der Waals surface area contributed by atoms with Crippen molar-refractivity contribution in [1.82, 2.24) is 5.32 Å². The molecular formula is C17H16N2O. The highest BCUT2D eigenvalue weighted by molar-refractivity contribution is 6.02. The molecule has 0 spiro atoms. The fourth-order valence-electron chi connectivity index (χ4n) is 1.95. The largest absolute Gasteiger partial charge is 0.349 e. The fraction of sp³-hybridized carbons (Fsp3) is 0.176. The molecule has 0 atom stereocenters. The number of hydrogen-bond acceptors (Lipinski definition) is 2. The van der Waals surface area contributed by atoms with Crippen LogP contribution < -0.4 is 5.32 Å². The Morgan fingerprint density at radius 1 is 1.20 bits per heavy atom. The molecule has 1 N–H and O–H groups in total. The topological polar surface area (TPSA) is 52.9 Å². The highest BCUT2D eigenvalue weighted by Gasteiger charge is 2.09. The molecule has 0 aliphatic heterocycles. The summed E-state index contributed by atoms with van der Waals surface area (Å²) < 4.78 is 0. The van der Waals surface area contributed by atoms with Crippen LogP contribution in [0.25, 0.3) is 16.8 Å². The first-order valence-corrected chi connectivity index (χ1v) is 6.51. The van der Waals surface area contributed by atoms with E-state index in [1.165, 1.54) is 0 Å².